The average Bonchev–Trinajstić information content (AvgIpc) is 3.32. The minimum Gasteiger partial charge on any atom is -0.462 e. The number of carbonyl (C=O) groups is 2. The van der Waals surface area contributed by atoms with Crippen molar-refractivity contribution in [1.82, 2.24) is 0 Å². The molecule has 0 rings (SSSR count). The molecule has 0 saturated carbocycles. The number of phosphoric acid groups is 1. The largest absolute Gasteiger partial charge is 0.472 e. The molecule has 0 aliphatic rings. The van der Waals surface area contributed by atoms with Crippen molar-refractivity contribution in [3.8, 4) is 0 Å². The van der Waals surface area contributed by atoms with Crippen LogP contribution in [0.2, 0.25) is 0 Å². The molecule has 0 aromatic rings. The second kappa shape index (κ2) is 52.5. The maximum atomic E-state index is 12.7. The summed E-state index contributed by atoms with van der Waals surface area (Å²) in [7, 11) is -4.62. The molecule has 0 bridgehead atoms. The highest BCUT2D eigenvalue weighted by molar-refractivity contribution is 7.47. The van der Waals surface area contributed by atoms with E-state index in [-0.39, 0.29) is 19.4 Å². The third-order valence-electron chi connectivity index (χ3n) is 12.9. The Morgan fingerprint density at radius 2 is 0.731 bits per heavy atom. The topological polar surface area (TPSA) is 149 Å². The fraction of sp³-hybridized carbons (Fsp3) is 0.929. The van der Waals surface area contributed by atoms with E-state index in [0.29, 0.717) is 12.8 Å². The summed E-state index contributed by atoms with van der Waals surface area (Å²) in [6.45, 7) is 2.46. The smallest absolute Gasteiger partial charge is 0.462 e. The molecule has 0 amide bonds. The molecule has 67 heavy (non-hydrogen) atoms. The van der Waals surface area contributed by atoms with Gasteiger partial charge in [-0.25, -0.2) is 4.57 Å². The van der Waals surface area contributed by atoms with E-state index in [0.717, 1.165) is 32.1 Å². The molecule has 0 aromatic heterocycles. The number of ether oxygens (including phenoxy) is 2. The molecule has 0 aliphatic carbocycles. The SMILES string of the molecule is CCCCCCCC/C=C/CCCCCCCCCCCCCC(=O)O[C@H](COC(=O)CCCCCCCCCCCCCCCCCCCCCCCCC)COP(=O)(O)OC[C@@H](O)CO. The van der Waals surface area contributed by atoms with Crippen molar-refractivity contribution in [2.75, 3.05) is 26.4 Å². The van der Waals surface area contributed by atoms with Crippen LogP contribution in [0.4, 0.5) is 0 Å². The molecule has 3 atom stereocenters. The lowest BCUT2D eigenvalue weighted by atomic mass is 10.0. The number of aliphatic hydroxyl groups is 2. The van der Waals surface area contributed by atoms with Crippen molar-refractivity contribution >= 4 is 19.8 Å². The predicted octanol–water partition coefficient (Wildman–Crippen LogP) is 16.7. The number of carbonyl (C=O) groups excluding carboxylic acids is 2. The van der Waals surface area contributed by atoms with E-state index in [9.17, 15) is 24.2 Å². The number of aliphatic hydroxyl groups excluding tert-OH is 2. The summed E-state index contributed by atoms with van der Waals surface area (Å²) in [4.78, 5) is 35.3. The Kier molecular flexibility index (Phi) is 51.5. The number of unbranched alkanes of at least 4 members (excludes halogenated alkanes) is 39. The van der Waals surface area contributed by atoms with Gasteiger partial charge in [0.2, 0.25) is 0 Å². The van der Waals surface area contributed by atoms with Crippen LogP contribution in [-0.2, 0) is 32.7 Å². The molecule has 0 aliphatic heterocycles. The Morgan fingerprint density at radius 3 is 1.07 bits per heavy atom. The zero-order valence-electron chi connectivity index (χ0n) is 43.9. The van der Waals surface area contributed by atoms with Gasteiger partial charge in [0, 0.05) is 12.8 Å². The summed E-state index contributed by atoms with van der Waals surface area (Å²) < 4.78 is 33.0. The molecule has 0 fully saturated rings. The predicted molar refractivity (Wildman–Crippen MR) is 279 cm³/mol. The summed E-state index contributed by atoms with van der Waals surface area (Å²) in [5.74, 6) is -0.905. The Bertz CT molecular complexity index is 1120. The van der Waals surface area contributed by atoms with E-state index in [4.69, 9.17) is 23.6 Å². The first-order chi connectivity index (χ1) is 32.7. The van der Waals surface area contributed by atoms with Crippen molar-refractivity contribution in [3.05, 3.63) is 12.2 Å². The van der Waals surface area contributed by atoms with Crippen LogP contribution in [-0.4, -0.2) is 65.7 Å². The van der Waals surface area contributed by atoms with Crippen LogP contribution in [0.1, 0.15) is 296 Å². The molecule has 398 valence electrons. The Hall–Kier alpha value is -1.29. The highest BCUT2D eigenvalue weighted by atomic mass is 31.2. The number of allylic oxidation sites excluding steroid dienone is 2. The van der Waals surface area contributed by atoms with Crippen LogP contribution in [0, 0.1) is 0 Å². The fourth-order valence-electron chi connectivity index (χ4n) is 8.52. The quantitative estimate of drug-likeness (QED) is 0.0233. The van der Waals surface area contributed by atoms with E-state index < -0.39 is 51.8 Å². The molecule has 0 aromatic carbocycles. The summed E-state index contributed by atoms with van der Waals surface area (Å²) in [5, 5.41) is 18.4. The molecule has 0 radical (unpaired) electrons. The third-order valence-corrected chi connectivity index (χ3v) is 13.9. The van der Waals surface area contributed by atoms with Gasteiger partial charge >= 0.3 is 19.8 Å². The second-order valence-electron chi connectivity index (χ2n) is 19.7. The van der Waals surface area contributed by atoms with Crippen molar-refractivity contribution in [1.29, 1.82) is 0 Å². The van der Waals surface area contributed by atoms with Gasteiger partial charge in [-0.1, -0.05) is 257 Å². The molecule has 0 saturated heterocycles. The fourth-order valence-corrected chi connectivity index (χ4v) is 9.31. The van der Waals surface area contributed by atoms with Gasteiger partial charge in [0.15, 0.2) is 6.10 Å². The third kappa shape index (κ3) is 52.4. The Morgan fingerprint density at radius 1 is 0.433 bits per heavy atom. The van der Waals surface area contributed by atoms with E-state index in [2.05, 4.69) is 26.0 Å². The molecular formula is C56H109O10P. The van der Waals surface area contributed by atoms with Gasteiger partial charge in [0.1, 0.15) is 12.7 Å². The van der Waals surface area contributed by atoms with Gasteiger partial charge in [-0.2, -0.15) is 0 Å². The number of hydrogen-bond acceptors (Lipinski definition) is 9. The first kappa shape index (κ1) is 65.7. The highest BCUT2D eigenvalue weighted by Gasteiger charge is 2.27. The Balaban J connectivity index is 4.06. The van der Waals surface area contributed by atoms with Gasteiger partial charge in [-0.05, 0) is 38.5 Å². The van der Waals surface area contributed by atoms with Gasteiger partial charge in [0.05, 0.1) is 19.8 Å². The lowest BCUT2D eigenvalue weighted by Crippen LogP contribution is -2.29. The summed E-state index contributed by atoms with van der Waals surface area (Å²) >= 11 is 0. The van der Waals surface area contributed by atoms with Crippen LogP contribution in [0.15, 0.2) is 12.2 Å². The molecule has 11 heteroatoms. The summed E-state index contributed by atoms with van der Waals surface area (Å²) in [6.07, 6.45) is 56.2. The van der Waals surface area contributed by atoms with Crippen LogP contribution in [0.5, 0.6) is 0 Å². The van der Waals surface area contributed by atoms with Gasteiger partial charge in [-0.3, -0.25) is 18.6 Å². The number of hydrogen-bond donors (Lipinski definition) is 3. The van der Waals surface area contributed by atoms with E-state index in [1.54, 1.807) is 0 Å². The van der Waals surface area contributed by atoms with Crippen molar-refractivity contribution < 1.29 is 47.8 Å². The van der Waals surface area contributed by atoms with Crippen LogP contribution in [0.25, 0.3) is 0 Å². The first-order valence-electron chi connectivity index (χ1n) is 28.6. The first-order valence-corrected chi connectivity index (χ1v) is 30.1. The maximum absolute atomic E-state index is 12.7. The van der Waals surface area contributed by atoms with Crippen molar-refractivity contribution in [2.24, 2.45) is 0 Å². The zero-order chi connectivity index (χ0) is 49.0. The lowest BCUT2D eigenvalue weighted by molar-refractivity contribution is -0.161. The summed E-state index contributed by atoms with van der Waals surface area (Å²) in [6, 6.07) is 0. The lowest BCUT2D eigenvalue weighted by Gasteiger charge is -2.20. The molecule has 1 unspecified atom stereocenters. The Labute approximate surface area is 413 Å². The molecule has 0 spiro atoms. The average molecular weight is 973 g/mol. The maximum Gasteiger partial charge on any atom is 0.472 e. The van der Waals surface area contributed by atoms with Crippen LogP contribution in [0.3, 0.4) is 0 Å². The van der Waals surface area contributed by atoms with Gasteiger partial charge in [-0.15, -0.1) is 0 Å². The van der Waals surface area contributed by atoms with E-state index in [1.807, 2.05) is 0 Å². The number of rotatable bonds is 55. The second-order valence-corrected chi connectivity index (χ2v) is 21.1. The van der Waals surface area contributed by atoms with Crippen molar-refractivity contribution in [3.63, 3.8) is 0 Å². The van der Waals surface area contributed by atoms with Crippen LogP contribution < -0.4 is 0 Å². The minimum absolute atomic E-state index is 0.189. The number of esters is 2. The normalized spacial score (nSPS) is 13.6. The molecule has 0 heterocycles. The van der Waals surface area contributed by atoms with E-state index in [1.165, 1.54) is 225 Å². The molecule has 10 nitrogen and oxygen atoms in total. The highest BCUT2D eigenvalue weighted by Crippen LogP contribution is 2.43. The molecular weight excluding hydrogens is 864 g/mol. The summed E-state index contributed by atoms with van der Waals surface area (Å²) in [5.41, 5.74) is 0. The zero-order valence-corrected chi connectivity index (χ0v) is 44.8. The molecule has 3 N–H and O–H groups in total. The van der Waals surface area contributed by atoms with Gasteiger partial charge in [0.25, 0.3) is 0 Å². The van der Waals surface area contributed by atoms with Crippen LogP contribution >= 0.6 is 7.82 Å². The van der Waals surface area contributed by atoms with Crippen molar-refractivity contribution in [2.45, 2.75) is 309 Å². The number of phosphoric ester groups is 1. The standard InChI is InChI=1S/C56H109O10P/c1-3-5-7-9-11-13-15-17-19-21-23-25-26-28-29-31-33-35-37-39-41-43-45-47-55(59)63-51-54(52-65-67(61,62)64-50-53(58)49-57)66-56(60)48-46-44-42-40-38-36-34-32-30-27-24-22-20-18-16-14-12-10-8-6-4-2/h18,20,53-54,57-58H,3-17,19,21-52H2,1-2H3,(H,61,62)/b20-18+/t53-,54+/m0/s1. The minimum atomic E-state index is -4.62. The monoisotopic (exact) mass is 973 g/mol. The van der Waals surface area contributed by atoms with E-state index >= 15 is 0 Å². The van der Waals surface area contributed by atoms with Gasteiger partial charge < -0.3 is 24.6 Å².